The smallest absolute Gasteiger partial charge is 0.408 e. The third-order valence-corrected chi connectivity index (χ3v) is 18.0. The molecule has 4 N–H and O–H groups in total. The maximum atomic E-state index is 14.9. The summed E-state index contributed by atoms with van der Waals surface area (Å²) >= 11 is 0. The molecular formula is C50H82N2O12. The molecule has 7 rings (SSSR count). The summed E-state index contributed by atoms with van der Waals surface area (Å²) in [5.41, 5.74) is -3.15. The van der Waals surface area contributed by atoms with E-state index >= 15 is 0 Å². The number of Topliss-reactive ketones (excluding diaryl/α,β-unsaturated/α-hetero) is 1. The van der Waals surface area contributed by atoms with E-state index < -0.39 is 94.1 Å². The largest absolute Gasteiger partial charge is 0.481 e. The second-order valence-corrected chi connectivity index (χ2v) is 22.0. The number of hydrogen-bond donors (Lipinski definition) is 4. The highest BCUT2D eigenvalue weighted by atomic mass is 16.8. The number of carboxylic acids is 1. The van der Waals surface area contributed by atoms with Crippen LogP contribution in [0.5, 0.6) is 0 Å². The molecule has 3 spiro atoms. The minimum Gasteiger partial charge on any atom is -0.481 e. The summed E-state index contributed by atoms with van der Waals surface area (Å²) in [4.78, 5) is 42.9. The SMILES string of the molecule is CC[C@@H](C(=O)[C@@H](C)[C@@H](O)C1(C)C[C@]12O[C@@H]([C@@H](CC)C(=O)O)CC[C@@H]2C)[C@H]1O[C@]2(C=C[C@@H](NC(=O)OC3CCN(C)CC3)[C@]3(CC[C@@](C)([C@H]4CC[C@](O)(CC)[C@H](C)O4)O3)O2)[C@H](C)C[C@@H]1C. The number of carboxylic acid groups (broad SMARTS) is 1. The van der Waals surface area contributed by atoms with E-state index in [1.807, 2.05) is 60.6 Å². The fraction of sp³-hybridized carbons (Fsp3) is 0.900. The van der Waals surface area contributed by atoms with Crippen molar-refractivity contribution >= 4 is 17.8 Å². The molecule has 7 aliphatic rings. The fourth-order valence-corrected chi connectivity index (χ4v) is 13.2. The number of carbonyl (C=O) groups excluding carboxylic acids is 2. The highest BCUT2D eigenvalue weighted by Crippen LogP contribution is 2.68. The molecule has 6 aliphatic heterocycles. The van der Waals surface area contributed by atoms with E-state index in [-0.39, 0.29) is 35.7 Å². The van der Waals surface area contributed by atoms with E-state index in [4.69, 9.17) is 28.4 Å². The molecule has 5 saturated heterocycles. The van der Waals surface area contributed by atoms with E-state index in [9.17, 15) is 29.7 Å². The maximum Gasteiger partial charge on any atom is 0.408 e. The summed E-state index contributed by atoms with van der Waals surface area (Å²) in [7, 11) is 2.06. The minimum absolute atomic E-state index is 0.0244. The molecule has 18 atom stereocenters. The lowest BCUT2D eigenvalue weighted by Gasteiger charge is -2.55. The fourth-order valence-electron chi connectivity index (χ4n) is 13.2. The molecule has 0 aromatic carbocycles. The van der Waals surface area contributed by atoms with Crippen molar-refractivity contribution in [3.8, 4) is 0 Å². The van der Waals surface area contributed by atoms with Gasteiger partial charge in [-0.05, 0) is 116 Å². The summed E-state index contributed by atoms with van der Waals surface area (Å²) < 4.78 is 40.9. The molecule has 6 fully saturated rings. The van der Waals surface area contributed by atoms with Crippen molar-refractivity contribution in [3.63, 3.8) is 0 Å². The number of aliphatic carboxylic acids is 1. The van der Waals surface area contributed by atoms with Crippen molar-refractivity contribution in [1.29, 1.82) is 0 Å². The van der Waals surface area contributed by atoms with Crippen LogP contribution in [0.3, 0.4) is 0 Å². The number of aliphatic hydroxyl groups is 2. The van der Waals surface area contributed by atoms with Gasteiger partial charge in [0.1, 0.15) is 17.9 Å². The molecule has 0 aromatic rings. The molecule has 0 aromatic heterocycles. The second-order valence-electron chi connectivity index (χ2n) is 22.0. The Labute approximate surface area is 382 Å². The first kappa shape index (κ1) is 49.7. The zero-order valence-electron chi connectivity index (χ0n) is 40.7. The number of alkyl carbamates (subject to hydrolysis) is 1. The Morgan fingerprint density at radius 3 is 2.22 bits per heavy atom. The quantitative estimate of drug-likeness (QED) is 0.137. The Morgan fingerprint density at radius 2 is 1.59 bits per heavy atom. The van der Waals surface area contributed by atoms with E-state index in [1.54, 1.807) is 0 Å². The molecule has 0 bridgehead atoms. The van der Waals surface area contributed by atoms with Gasteiger partial charge in [0.2, 0.25) is 0 Å². The van der Waals surface area contributed by atoms with Gasteiger partial charge in [0.25, 0.3) is 0 Å². The van der Waals surface area contributed by atoms with Crippen LogP contribution in [0, 0.1) is 40.9 Å². The lowest BCUT2D eigenvalue weighted by Crippen LogP contribution is -2.66. The standard InChI is InChI=1S/C50H82N2O12/c1-12-35(43(55)56)37-16-15-30(5)48(61-37)28-45(48,9)42(54)32(7)40(53)36(13-2)41-29(4)27-31(6)49(62-41)22-17-38(51-44(57)60-34-19-25-52(11)26-20-34)50(64-49)24-23-46(10,63-50)39-18-21-47(58,14-3)33(8)59-39/h17,22,29-39,41-42,54,58H,12-16,18-21,23-28H2,1-11H3,(H,51,57)(H,55,56)/t29-,30-,31+,32+,33-,35+,36-,37+,38+,39+,41-,42+,45?,46-,47+,48+,49-,50-/m0/s1. The number of ether oxygens (including phenoxy) is 6. The number of nitrogens with zero attached hydrogens (tertiary/aromatic N) is 1. The van der Waals surface area contributed by atoms with Crippen LogP contribution in [0.15, 0.2) is 12.2 Å². The number of likely N-dealkylation sites (tertiary alicyclic amines) is 1. The highest BCUT2D eigenvalue weighted by molar-refractivity contribution is 5.84. The molecule has 1 amide bonds. The number of ketones is 1. The predicted octanol–water partition coefficient (Wildman–Crippen LogP) is 7.16. The summed E-state index contributed by atoms with van der Waals surface area (Å²) in [5.74, 6) is -5.61. The average Bonchev–Trinajstić information content (AvgIpc) is 3.71. The molecule has 1 aliphatic carbocycles. The van der Waals surface area contributed by atoms with Gasteiger partial charge >= 0.3 is 12.1 Å². The van der Waals surface area contributed by atoms with Crippen LogP contribution in [0.4, 0.5) is 4.79 Å². The van der Waals surface area contributed by atoms with Crippen molar-refractivity contribution in [2.75, 3.05) is 20.1 Å². The van der Waals surface area contributed by atoms with Gasteiger partial charge in [0.05, 0.1) is 53.2 Å². The third-order valence-electron chi connectivity index (χ3n) is 18.0. The number of hydrogen-bond acceptors (Lipinski definition) is 12. The Balaban J connectivity index is 1.12. The molecule has 0 radical (unpaired) electrons. The van der Waals surface area contributed by atoms with Gasteiger partial charge < -0.3 is 54.0 Å². The van der Waals surface area contributed by atoms with Crippen LogP contribution in [0.1, 0.15) is 153 Å². The van der Waals surface area contributed by atoms with Crippen molar-refractivity contribution < 1.29 is 58.1 Å². The first-order valence-electron chi connectivity index (χ1n) is 25.0. The normalized spacial score (nSPS) is 45.8. The minimum atomic E-state index is -1.37. The average molecular weight is 903 g/mol. The predicted molar refractivity (Wildman–Crippen MR) is 239 cm³/mol. The molecule has 1 saturated carbocycles. The van der Waals surface area contributed by atoms with Gasteiger partial charge in [0, 0.05) is 42.7 Å². The first-order chi connectivity index (χ1) is 30.0. The van der Waals surface area contributed by atoms with Gasteiger partial charge in [-0.25, -0.2) is 4.79 Å². The Kier molecular flexibility index (Phi) is 14.3. The van der Waals surface area contributed by atoms with E-state index in [2.05, 4.69) is 38.0 Å². The van der Waals surface area contributed by atoms with Gasteiger partial charge in [-0.1, -0.05) is 61.5 Å². The van der Waals surface area contributed by atoms with Crippen LogP contribution in [-0.2, 0) is 38.0 Å². The number of amides is 1. The summed E-state index contributed by atoms with van der Waals surface area (Å²) in [6.07, 6.45) is 8.26. The van der Waals surface area contributed by atoms with Crippen molar-refractivity contribution in [2.45, 2.75) is 224 Å². The summed E-state index contributed by atoms with van der Waals surface area (Å²) in [5, 5.41) is 36.5. The van der Waals surface area contributed by atoms with E-state index in [0.29, 0.717) is 64.2 Å². The van der Waals surface area contributed by atoms with Crippen LogP contribution < -0.4 is 5.32 Å². The Bertz CT molecular complexity index is 1740. The van der Waals surface area contributed by atoms with Gasteiger partial charge in [-0.2, -0.15) is 0 Å². The van der Waals surface area contributed by atoms with E-state index in [0.717, 1.165) is 32.4 Å². The zero-order chi connectivity index (χ0) is 46.8. The summed E-state index contributed by atoms with van der Waals surface area (Å²) in [6.45, 7) is 21.6. The number of carbonyl (C=O) groups is 3. The first-order valence-corrected chi connectivity index (χ1v) is 25.0. The van der Waals surface area contributed by atoms with Crippen LogP contribution >= 0.6 is 0 Å². The van der Waals surface area contributed by atoms with Crippen molar-refractivity contribution in [2.24, 2.45) is 40.9 Å². The monoisotopic (exact) mass is 903 g/mol. The molecular weight excluding hydrogens is 821 g/mol. The van der Waals surface area contributed by atoms with Crippen molar-refractivity contribution in [1.82, 2.24) is 10.2 Å². The van der Waals surface area contributed by atoms with Gasteiger partial charge in [-0.15, -0.1) is 0 Å². The third kappa shape index (κ3) is 8.75. The summed E-state index contributed by atoms with van der Waals surface area (Å²) in [6, 6.07) is -0.724. The van der Waals surface area contributed by atoms with Crippen LogP contribution in [0.25, 0.3) is 0 Å². The van der Waals surface area contributed by atoms with Crippen LogP contribution in [-0.4, -0.2) is 129 Å². The highest BCUT2D eigenvalue weighted by Gasteiger charge is 2.74. The number of rotatable bonds is 13. The molecule has 14 heteroatoms. The molecule has 64 heavy (non-hydrogen) atoms. The number of piperidine rings is 1. The van der Waals surface area contributed by atoms with Gasteiger partial charge in [-0.3, -0.25) is 9.59 Å². The topological polar surface area (TPSA) is 183 Å². The molecule has 6 heterocycles. The van der Waals surface area contributed by atoms with Gasteiger partial charge in [0.15, 0.2) is 11.6 Å². The van der Waals surface area contributed by atoms with E-state index in [1.165, 1.54) is 0 Å². The van der Waals surface area contributed by atoms with Crippen molar-refractivity contribution in [3.05, 3.63) is 12.2 Å². The lowest BCUT2D eigenvalue weighted by atomic mass is 9.72. The van der Waals surface area contributed by atoms with Crippen LogP contribution in [0.2, 0.25) is 0 Å². The maximum absolute atomic E-state index is 14.9. The Hall–Kier alpha value is -2.17. The molecule has 364 valence electrons. The molecule has 14 nitrogen and oxygen atoms in total. The number of aliphatic hydroxyl groups excluding tert-OH is 1. The second kappa shape index (κ2) is 18.4. The Morgan fingerprint density at radius 1 is 0.906 bits per heavy atom. The number of nitrogens with one attached hydrogen (secondary N) is 1. The molecule has 1 unspecified atom stereocenters. The lowest BCUT2D eigenvalue weighted by molar-refractivity contribution is -0.398. The zero-order valence-corrected chi connectivity index (χ0v) is 40.7.